The van der Waals surface area contributed by atoms with E-state index in [9.17, 15) is 9.18 Å². The molecule has 8 heteroatoms. The third kappa shape index (κ3) is 3.33. The fraction of sp³-hybridized carbons (Fsp3) is 0.0435. The van der Waals surface area contributed by atoms with Gasteiger partial charge in [0, 0.05) is 17.0 Å². The number of hydrogen-bond donors (Lipinski definition) is 0. The SMILES string of the molecule is COc1cccc(-n2nc(-c3nc(-c4cccc(F)c4)no3)c3ccccc3c2=O)c1. The maximum absolute atomic E-state index is 13.6. The van der Waals surface area contributed by atoms with Gasteiger partial charge >= 0.3 is 0 Å². The number of nitrogens with zero attached hydrogens (tertiary/aromatic N) is 4. The van der Waals surface area contributed by atoms with Gasteiger partial charge in [-0.05, 0) is 30.3 Å². The van der Waals surface area contributed by atoms with E-state index in [0.29, 0.717) is 33.5 Å². The largest absolute Gasteiger partial charge is 0.497 e. The number of benzene rings is 3. The first kappa shape index (κ1) is 18.7. The predicted octanol–water partition coefficient (Wildman–Crippen LogP) is 4.25. The van der Waals surface area contributed by atoms with E-state index in [2.05, 4.69) is 15.2 Å². The van der Waals surface area contributed by atoms with Gasteiger partial charge in [-0.2, -0.15) is 14.8 Å². The molecule has 2 heterocycles. The van der Waals surface area contributed by atoms with Gasteiger partial charge in [0.15, 0.2) is 5.69 Å². The Morgan fingerprint density at radius 3 is 2.58 bits per heavy atom. The van der Waals surface area contributed by atoms with Crippen LogP contribution in [0.2, 0.25) is 0 Å². The van der Waals surface area contributed by atoms with Crippen molar-refractivity contribution in [3.63, 3.8) is 0 Å². The molecule has 0 saturated carbocycles. The lowest BCUT2D eigenvalue weighted by Gasteiger charge is -2.10. The van der Waals surface area contributed by atoms with Gasteiger partial charge in [0.05, 0.1) is 18.2 Å². The molecule has 2 aromatic heterocycles. The Morgan fingerprint density at radius 1 is 0.968 bits per heavy atom. The standard InChI is InChI=1S/C23H15FN4O3/c1-30-17-9-5-8-16(13-17)28-23(29)19-11-3-2-10-18(19)20(26-28)22-25-21(27-31-22)14-6-4-7-15(24)12-14/h2-13H,1H3. The van der Waals surface area contributed by atoms with Gasteiger partial charge in [-0.3, -0.25) is 4.79 Å². The number of hydrogen-bond acceptors (Lipinski definition) is 6. The highest BCUT2D eigenvalue weighted by Gasteiger charge is 2.19. The van der Waals surface area contributed by atoms with Crippen molar-refractivity contribution in [3.05, 3.63) is 89.0 Å². The van der Waals surface area contributed by atoms with E-state index in [0.717, 1.165) is 0 Å². The Morgan fingerprint density at radius 2 is 1.77 bits per heavy atom. The second kappa shape index (κ2) is 7.49. The Bertz CT molecular complexity index is 1480. The monoisotopic (exact) mass is 414 g/mol. The molecule has 0 aliphatic carbocycles. The average Bonchev–Trinajstić information content (AvgIpc) is 3.30. The zero-order valence-electron chi connectivity index (χ0n) is 16.3. The van der Waals surface area contributed by atoms with Crippen LogP contribution in [0.15, 0.2) is 82.1 Å². The first-order valence-electron chi connectivity index (χ1n) is 9.40. The van der Waals surface area contributed by atoms with Crippen molar-refractivity contribution >= 4 is 10.8 Å². The Labute approximate surface area is 175 Å². The molecule has 31 heavy (non-hydrogen) atoms. The average molecular weight is 414 g/mol. The van der Waals surface area contributed by atoms with Gasteiger partial charge in [0.25, 0.3) is 11.4 Å². The second-order valence-corrected chi connectivity index (χ2v) is 6.75. The van der Waals surface area contributed by atoms with Crippen LogP contribution in [0.3, 0.4) is 0 Å². The van der Waals surface area contributed by atoms with Crippen LogP contribution in [-0.4, -0.2) is 27.0 Å². The van der Waals surface area contributed by atoms with Crippen molar-refractivity contribution in [2.24, 2.45) is 0 Å². The highest BCUT2D eigenvalue weighted by atomic mass is 19.1. The minimum atomic E-state index is -0.404. The molecular formula is C23H15FN4O3. The molecule has 0 aliphatic rings. The fourth-order valence-electron chi connectivity index (χ4n) is 3.33. The minimum Gasteiger partial charge on any atom is -0.497 e. The summed E-state index contributed by atoms with van der Waals surface area (Å²) in [6.45, 7) is 0. The number of rotatable bonds is 4. The topological polar surface area (TPSA) is 83.0 Å². The molecule has 3 aromatic carbocycles. The smallest absolute Gasteiger partial charge is 0.279 e. The van der Waals surface area contributed by atoms with E-state index in [-0.39, 0.29) is 17.3 Å². The zero-order chi connectivity index (χ0) is 21.4. The molecular weight excluding hydrogens is 399 g/mol. The summed E-state index contributed by atoms with van der Waals surface area (Å²) in [7, 11) is 1.55. The van der Waals surface area contributed by atoms with Crippen LogP contribution in [0.4, 0.5) is 4.39 Å². The highest BCUT2D eigenvalue weighted by molar-refractivity contribution is 5.92. The zero-order valence-corrected chi connectivity index (χ0v) is 16.3. The quantitative estimate of drug-likeness (QED) is 0.437. The minimum absolute atomic E-state index is 0.118. The summed E-state index contributed by atoms with van der Waals surface area (Å²) >= 11 is 0. The second-order valence-electron chi connectivity index (χ2n) is 6.75. The first-order chi connectivity index (χ1) is 15.1. The highest BCUT2D eigenvalue weighted by Crippen LogP contribution is 2.27. The number of ether oxygens (including phenoxy) is 1. The van der Waals surface area contributed by atoms with E-state index >= 15 is 0 Å². The van der Waals surface area contributed by atoms with Gasteiger partial charge in [-0.1, -0.05) is 41.6 Å². The maximum Gasteiger partial charge on any atom is 0.279 e. The van der Waals surface area contributed by atoms with Crippen molar-refractivity contribution in [1.29, 1.82) is 0 Å². The van der Waals surface area contributed by atoms with E-state index in [1.807, 2.05) is 0 Å². The summed E-state index contributed by atoms with van der Waals surface area (Å²) in [5, 5.41) is 9.50. The molecule has 5 rings (SSSR count). The van der Waals surface area contributed by atoms with Gasteiger partial charge in [0.1, 0.15) is 11.6 Å². The Kier molecular flexibility index (Phi) is 4.51. The van der Waals surface area contributed by atoms with E-state index in [4.69, 9.17) is 9.26 Å². The summed E-state index contributed by atoms with van der Waals surface area (Å²) in [6.07, 6.45) is 0. The maximum atomic E-state index is 13.6. The van der Waals surface area contributed by atoms with Gasteiger partial charge < -0.3 is 9.26 Å². The molecule has 152 valence electrons. The summed E-state index contributed by atoms with van der Waals surface area (Å²) in [4.78, 5) is 17.5. The fourth-order valence-corrected chi connectivity index (χ4v) is 3.33. The molecule has 0 fully saturated rings. The molecule has 0 N–H and O–H groups in total. The van der Waals surface area contributed by atoms with E-state index in [1.165, 1.54) is 16.8 Å². The molecule has 0 atom stereocenters. The van der Waals surface area contributed by atoms with Gasteiger partial charge in [-0.15, -0.1) is 0 Å². The van der Waals surface area contributed by atoms with Crippen LogP contribution in [0.5, 0.6) is 5.75 Å². The van der Waals surface area contributed by atoms with Crippen LogP contribution in [0, 0.1) is 5.82 Å². The third-order valence-electron chi connectivity index (χ3n) is 4.81. The van der Waals surface area contributed by atoms with Crippen molar-refractivity contribution in [3.8, 4) is 34.4 Å². The van der Waals surface area contributed by atoms with Crippen molar-refractivity contribution in [2.45, 2.75) is 0 Å². The van der Waals surface area contributed by atoms with Gasteiger partial charge in [-0.25, -0.2) is 4.39 Å². The molecule has 0 aliphatic heterocycles. The molecule has 0 amide bonds. The summed E-state index contributed by atoms with van der Waals surface area (Å²) in [5.74, 6) is 0.526. The number of methoxy groups -OCH3 is 1. The third-order valence-corrected chi connectivity index (χ3v) is 4.81. The van der Waals surface area contributed by atoms with Crippen LogP contribution < -0.4 is 10.3 Å². The summed E-state index contributed by atoms with van der Waals surface area (Å²) < 4.78 is 25.6. The van der Waals surface area contributed by atoms with Crippen molar-refractivity contribution in [1.82, 2.24) is 19.9 Å². The van der Waals surface area contributed by atoms with Crippen molar-refractivity contribution in [2.75, 3.05) is 7.11 Å². The van der Waals surface area contributed by atoms with E-state index in [1.54, 1.807) is 67.8 Å². The molecule has 0 saturated heterocycles. The lowest BCUT2D eigenvalue weighted by Crippen LogP contribution is -2.22. The van der Waals surface area contributed by atoms with Crippen LogP contribution in [0.25, 0.3) is 39.4 Å². The normalized spacial score (nSPS) is 11.0. The van der Waals surface area contributed by atoms with Crippen molar-refractivity contribution < 1.29 is 13.7 Å². The molecule has 5 aromatic rings. The molecule has 0 radical (unpaired) electrons. The van der Waals surface area contributed by atoms with E-state index < -0.39 is 5.82 Å². The van der Waals surface area contributed by atoms with Crippen LogP contribution in [0.1, 0.15) is 0 Å². The number of halogens is 1. The first-order valence-corrected chi connectivity index (χ1v) is 9.40. The Hall–Kier alpha value is -4.33. The molecule has 0 spiro atoms. The predicted molar refractivity (Wildman–Crippen MR) is 113 cm³/mol. The molecule has 0 unspecified atom stereocenters. The Balaban J connectivity index is 1.72. The molecule has 7 nitrogen and oxygen atoms in total. The lowest BCUT2D eigenvalue weighted by molar-refractivity contribution is 0.414. The summed E-state index contributed by atoms with van der Waals surface area (Å²) in [6, 6.07) is 20.0. The van der Waals surface area contributed by atoms with Crippen LogP contribution >= 0.6 is 0 Å². The van der Waals surface area contributed by atoms with Crippen LogP contribution in [-0.2, 0) is 0 Å². The molecule has 0 bridgehead atoms. The lowest BCUT2D eigenvalue weighted by atomic mass is 10.1. The number of aromatic nitrogens is 4. The van der Waals surface area contributed by atoms with Gasteiger partial charge in [0.2, 0.25) is 5.82 Å². The number of fused-ring (bicyclic) bond motifs is 1. The summed E-state index contributed by atoms with van der Waals surface area (Å²) in [5.41, 5.74) is 1.05.